The third-order valence-corrected chi connectivity index (χ3v) is 2.73. The molecule has 0 N–H and O–H groups in total. The third-order valence-electron chi connectivity index (χ3n) is 2.73. The molecule has 0 radical (unpaired) electrons. The largest absolute Gasteiger partial charge is 0.349 e. The Labute approximate surface area is 135 Å². The molecule has 0 atom stereocenters. The van der Waals surface area contributed by atoms with E-state index in [-0.39, 0.29) is 12.6 Å². The van der Waals surface area contributed by atoms with E-state index < -0.39 is 0 Å². The lowest BCUT2D eigenvalue weighted by Crippen LogP contribution is -2.19. The van der Waals surface area contributed by atoms with Crippen LogP contribution in [0.1, 0.15) is 25.7 Å². The Hall–Kier alpha value is -1.20. The second-order valence-electron chi connectivity index (χ2n) is 4.63. The lowest BCUT2D eigenvalue weighted by molar-refractivity contribution is -0.138. The topological polar surface area (TPSA) is 36.9 Å². The van der Waals surface area contributed by atoms with Crippen molar-refractivity contribution in [3.8, 4) is 0 Å². The average Bonchev–Trinajstić information content (AvgIpc) is 2.54. The van der Waals surface area contributed by atoms with E-state index in [9.17, 15) is 0 Å². The molecule has 0 bridgehead atoms. The Kier molecular flexibility index (Phi) is 15.3. The maximum atomic E-state index is 5.55. The number of rotatable bonds is 17. The summed E-state index contributed by atoms with van der Waals surface area (Å²) in [6.45, 7) is 16.5. The summed E-state index contributed by atoms with van der Waals surface area (Å²) in [5.41, 5.74) is 0. The van der Waals surface area contributed by atoms with Gasteiger partial charge in [-0.05, 0) is 25.7 Å². The van der Waals surface area contributed by atoms with E-state index >= 15 is 0 Å². The third kappa shape index (κ3) is 12.5. The highest BCUT2D eigenvalue weighted by Crippen LogP contribution is 2.12. The molecule has 0 heterocycles. The van der Waals surface area contributed by atoms with Crippen LogP contribution in [0.4, 0.5) is 0 Å². The quantitative estimate of drug-likeness (QED) is 0.231. The van der Waals surface area contributed by atoms with Crippen molar-refractivity contribution in [2.75, 3.05) is 26.4 Å². The van der Waals surface area contributed by atoms with E-state index in [0.29, 0.717) is 26.4 Å². The minimum atomic E-state index is -0.224. The van der Waals surface area contributed by atoms with Gasteiger partial charge >= 0.3 is 0 Å². The molecule has 0 rings (SSSR count). The molecule has 0 spiro atoms. The van der Waals surface area contributed by atoms with Crippen molar-refractivity contribution in [3.63, 3.8) is 0 Å². The molecule has 0 aromatic rings. The Balaban J connectivity index is 3.97. The summed E-state index contributed by atoms with van der Waals surface area (Å²) < 4.78 is 22.2. The highest BCUT2D eigenvalue weighted by Gasteiger charge is 2.11. The van der Waals surface area contributed by atoms with Crippen LogP contribution in [0.25, 0.3) is 0 Å². The number of hydrogen-bond acceptors (Lipinski definition) is 4. The van der Waals surface area contributed by atoms with Gasteiger partial charge in [0.15, 0.2) is 12.6 Å². The molecule has 0 aromatic carbocycles. The summed E-state index contributed by atoms with van der Waals surface area (Å²) >= 11 is 0. The number of ether oxygens (including phenoxy) is 4. The first kappa shape index (κ1) is 20.8. The fourth-order valence-electron chi connectivity index (χ4n) is 1.75. The smallest absolute Gasteiger partial charge is 0.158 e. The minimum absolute atomic E-state index is 0.224. The van der Waals surface area contributed by atoms with Crippen LogP contribution in [0.5, 0.6) is 0 Å². The molecule has 4 nitrogen and oxygen atoms in total. The molecule has 0 unspecified atom stereocenters. The molecule has 0 aromatic heterocycles. The first-order valence-electron chi connectivity index (χ1n) is 7.68. The number of unbranched alkanes of at least 4 members (excludes halogenated alkanes) is 1. The predicted molar refractivity (Wildman–Crippen MR) is 90.6 cm³/mol. The van der Waals surface area contributed by atoms with Gasteiger partial charge in [0.2, 0.25) is 0 Å². The maximum absolute atomic E-state index is 5.55. The van der Waals surface area contributed by atoms with Crippen LogP contribution >= 0.6 is 0 Å². The van der Waals surface area contributed by atoms with Gasteiger partial charge in [-0.1, -0.05) is 24.3 Å². The Morgan fingerprint density at radius 3 is 1.05 bits per heavy atom. The van der Waals surface area contributed by atoms with Crippen molar-refractivity contribution in [2.45, 2.75) is 38.3 Å². The summed E-state index contributed by atoms with van der Waals surface area (Å²) in [4.78, 5) is 0. The van der Waals surface area contributed by atoms with Crippen molar-refractivity contribution < 1.29 is 18.9 Å². The lowest BCUT2D eigenvalue weighted by Gasteiger charge is -2.19. The Morgan fingerprint density at radius 2 is 0.818 bits per heavy atom. The molecular weight excluding hydrogens is 280 g/mol. The molecule has 22 heavy (non-hydrogen) atoms. The molecule has 0 aliphatic heterocycles. The van der Waals surface area contributed by atoms with Crippen LogP contribution in [0.2, 0.25) is 0 Å². The van der Waals surface area contributed by atoms with E-state index in [4.69, 9.17) is 18.9 Å². The van der Waals surface area contributed by atoms with E-state index in [1.807, 2.05) is 0 Å². The molecule has 0 amide bonds. The van der Waals surface area contributed by atoms with Gasteiger partial charge in [0.1, 0.15) is 0 Å². The average molecular weight is 310 g/mol. The summed E-state index contributed by atoms with van der Waals surface area (Å²) in [5, 5.41) is 0. The maximum Gasteiger partial charge on any atom is 0.158 e. The fraction of sp³-hybridized carbons (Fsp3) is 0.556. The van der Waals surface area contributed by atoms with Gasteiger partial charge in [-0.3, -0.25) is 0 Å². The van der Waals surface area contributed by atoms with E-state index in [1.165, 1.54) is 0 Å². The van der Waals surface area contributed by atoms with Crippen LogP contribution in [-0.2, 0) is 18.9 Å². The summed E-state index contributed by atoms with van der Waals surface area (Å²) in [6.07, 6.45) is 9.97. The van der Waals surface area contributed by atoms with Crippen LogP contribution in [0.3, 0.4) is 0 Å². The molecule has 126 valence electrons. The zero-order valence-electron chi connectivity index (χ0n) is 13.6. The first-order valence-corrected chi connectivity index (χ1v) is 7.68. The molecule has 0 fully saturated rings. The van der Waals surface area contributed by atoms with Crippen molar-refractivity contribution in [1.29, 1.82) is 0 Å². The van der Waals surface area contributed by atoms with Crippen LogP contribution in [0, 0.1) is 0 Å². The van der Waals surface area contributed by atoms with Gasteiger partial charge in [-0.25, -0.2) is 0 Å². The SMILES string of the molecule is C=CCOC(CCCCC(OCC=C)OCC=C)OCC=C. The van der Waals surface area contributed by atoms with E-state index in [0.717, 1.165) is 25.7 Å². The summed E-state index contributed by atoms with van der Waals surface area (Å²) in [7, 11) is 0. The van der Waals surface area contributed by atoms with Crippen molar-refractivity contribution in [1.82, 2.24) is 0 Å². The van der Waals surface area contributed by atoms with Gasteiger partial charge in [0, 0.05) is 0 Å². The molecular formula is C18H30O4. The van der Waals surface area contributed by atoms with Gasteiger partial charge in [0.25, 0.3) is 0 Å². The van der Waals surface area contributed by atoms with Crippen LogP contribution in [-0.4, -0.2) is 39.0 Å². The van der Waals surface area contributed by atoms with Crippen molar-refractivity contribution in [2.24, 2.45) is 0 Å². The normalized spacial score (nSPS) is 10.8. The molecule has 4 heteroatoms. The Bertz CT molecular complexity index is 247. The standard InChI is InChI=1S/C18H30O4/c1-5-13-19-17(20-14-6-2)11-9-10-12-18(21-15-7-3)22-16-8-4/h5-8,17-18H,1-4,9-16H2. The lowest BCUT2D eigenvalue weighted by atomic mass is 10.2. The Morgan fingerprint density at radius 1 is 0.545 bits per heavy atom. The van der Waals surface area contributed by atoms with Crippen LogP contribution in [0.15, 0.2) is 50.6 Å². The van der Waals surface area contributed by atoms with E-state index in [1.54, 1.807) is 24.3 Å². The van der Waals surface area contributed by atoms with Gasteiger partial charge < -0.3 is 18.9 Å². The molecule has 0 saturated heterocycles. The molecule has 0 saturated carbocycles. The van der Waals surface area contributed by atoms with E-state index in [2.05, 4.69) is 26.3 Å². The molecule has 0 aliphatic carbocycles. The second kappa shape index (κ2) is 16.2. The highest BCUT2D eigenvalue weighted by atomic mass is 16.7. The first-order chi connectivity index (χ1) is 10.8. The van der Waals surface area contributed by atoms with Gasteiger partial charge in [0.05, 0.1) is 26.4 Å². The van der Waals surface area contributed by atoms with Crippen molar-refractivity contribution >= 4 is 0 Å². The second-order valence-corrected chi connectivity index (χ2v) is 4.63. The zero-order valence-corrected chi connectivity index (χ0v) is 13.6. The minimum Gasteiger partial charge on any atom is -0.349 e. The summed E-state index contributed by atoms with van der Waals surface area (Å²) in [5.74, 6) is 0. The fourth-order valence-corrected chi connectivity index (χ4v) is 1.75. The zero-order chi connectivity index (χ0) is 16.5. The van der Waals surface area contributed by atoms with Crippen molar-refractivity contribution in [3.05, 3.63) is 50.6 Å². The monoisotopic (exact) mass is 310 g/mol. The number of hydrogen-bond donors (Lipinski definition) is 0. The predicted octanol–water partition coefficient (Wildman–Crippen LogP) is 4.01. The summed E-state index contributed by atoms with van der Waals surface area (Å²) in [6, 6.07) is 0. The van der Waals surface area contributed by atoms with Crippen LogP contribution < -0.4 is 0 Å². The van der Waals surface area contributed by atoms with Gasteiger partial charge in [-0.2, -0.15) is 0 Å². The molecule has 0 aliphatic rings. The highest BCUT2D eigenvalue weighted by molar-refractivity contribution is 4.69. The van der Waals surface area contributed by atoms with Gasteiger partial charge in [-0.15, -0.1) is 26.3 Å².